The highest BCUT2D eigenvalue weighted by molar-refractivity contribution is 6.31. The molecule has 1 aliphatic rings. The Morgan fingerprint density at radius 2 is 2.11 bits per heavy atom. The van der Waals surface area contributed by atoms with Crippen LogP contribution in [0.2, 0.25) is 5.02 Å². The summed E-state index contributed by atoms with van der Waals surface area (Å²) in [6.45, 7) is 2.30. The van der Waals surface area contributed by atoms with E-state index in [1.54, 1.807) is 25.4 Å². The monoisotopic (exact) mass is 384 g/mol. The Morgan fingerprint density at radius 1 is 1.26 bits per heavy atom. The molecule has 0 radical (unpaired) electrons. The number of benzene rings is 2. The first-order chi connectivity index (χ1) is 13.1. The minimum absolute atomic E-state index is 0.289. The summed E-state index contributed by atoms with van der Waals surface area (Å²) in [5, 5.41) is 3.71. The van der Waals surface area contributed by atoms with Crippen LogP contribution in [0.4, 0.5) is 10.1 Å². The number of hydrogen-bond donors (Lipinski definition) is 1. The van der Waals surface area contributed by atoms with Crippen LogP contribution in [0.3, 0.4) is 0 Å². The second-order valence-electron chi connectivity index (χ2n) is 6.40. The van der Waals surface area contributed by atoms with Gasteiger partial charge in [-0.3, -0.25) is 0 Å². The Balaban J connectivity index is 1.64. The zero-order chi connectivity index (χ0) is 19.0. The Morgan fingerprint density at radius 3 is 2.85 bits per heavy atom. The number of rotatable bonds is 3. The lowest BCUT2D eigenvalue weighted by atomic mass is 10.0. The highest BCUT2D eigenvalue weighted by Crippen LogP contribution is 2.39. The van der Waals surface area contributed by atoms with Gasteiger partial charge >= 0.3 is 0 Å². The minimum Gasteiger partial charge on any atom is -0.489 e. The molecule has 0 bridgehead atoms. The number of aromatic nitrogens is 1. The molecular weight excluding hydrogens is 367 g/mol. The van der Waals surface area contributed by atoms with E-state index in [1.807, 2.05) is 31.2 Å². The summed E-state index contributed by atoms with van der Waals surface area (Å²) >= 11 is 6.18. The third kappa shape index (κ3) is 3.30. The summed E-state index contributed by atoms with van der Waals surface area (Å²) in [4.78, 5) is 4.28. The second kappa shape index (κ2) is 7.08. The fourth-order valence-electron chi connectivity index (χ4n) is 3.27. The third-order valence-corrected chi connectivity index (χ3v) is 5.00. The van der Waals surface area contributed by atoms with Crippen molar-refractivity contribution in [2.24, 2.45) is 0 Å². The van der Waals surface area contributed by atoms with E-state index in [-0.39, 0.29) is 18.5 Å². The number of anilines is 1. The highest BCUT2D eigenvalue weighted by Gasteiger charge is 2.25. The number of hydrogen-bond acceptors (Lipinski definition) is 4. The molecule has 1 atom stereocenters. The van der Waals surface area contributed by atoms with Crippen molar-refractivity contribution in [1.29, 1.82) is 0 Å². The molecule has 1 aliphatic heterocycles. The first kappa shape index (κ1) is 17.6. The van der Waals surface area contributed by atoms with Crippen LogP contribution in [0.25, 0.3) is 11.1 Å². The van der Waals surface area contributed by atoms with Gasteiger partial charge in [-0.15, -0.1) is 0 Å². The maximum Gasteiger partial charge on any atom is 0.213 e. The van der Waals surface area contributed by atoms with Crippen molar-refractivity contribution in [2.75, 3.05) is 19.0 Å². The quantitative estimate of drug-likeness (QED) is 0.656. The van der Waals surface area contributed by atoms with Gasteiger partial charge in [-0.05, 0) is 42.3 Å². The molecule has 0 amide bonds. The summed E-state index contributed by atoms with van der Waals surface area (Å²) in [6.07, 6.45) is 1.79. The van der Waals surface area contributed by atoms with Crippen LogP contribution in [-0.4, -0.2) is 18.7 Å². The summed E-state index contributed by atoms with van der Waals surface area (Å²) in [6, 6.07) is 12.1. The van der Waals surface area contributed by atoms with Gasteiger partial charge < -0.3 is 14.8 Å². The van der Waals surface area contributed by atoms with Crippen LogP contribution in [0.5, 0.6) is 11.6 Å². The molecule has 27 heavy (non-hydrogen) atoms. The Kier molecular flexibility index (Phi) is 4.62. The Hall–Kier alpha value is -2.79. The number of aryl methyl sites for hydroxylation is 1. The SMILES string of the molecule is COc1cc(C)c(-c2ccc3c(c2)OCC(c2c(F)cccc2Cl)N3)cn1. The van der Waals surface area contributed by atoms with Gasteiger partial charge in [0.05, 0.1) is 18.8 Å². The molecule has 6 heteroatoms. The summed E-state index contributed by atoms with van der Waals surface area (Å²) in [5.41, 5.74) is 4.27. The zero-order valence-electron chi connectivity index (χ0n) is 14.9. The smallest absolute Gasteiger partial charge is 0.213 e. The van der Waals surface area contributed by atoms with Gasteiger partial charge in [0.15, 0.2) is 0 Å². The molecule has 0 spiro atoms. The number of halogens is 2. The van der Waals surface area contributed by atoms with Crippen molar-refractivity contribution in [3.05, 3.63) is 70.6 Å². The molecular formula is C21H18ClFN2O2. The molecule has 0 saturated carbocycles. The number of pyridine rings is 1. The molecule has 0 saturated heterocycles. The maximum absolute atomic E-state index is 14.2. The van der Waals surface area contributed by atoms with Crippen molar-refractivity contribution >= 4 is 17.3 Å². The molecule has 0 fully saturated rings. The normalized spacial score (nSPS) is 15.5. The molecule has 1 N–H and O–H groups in total. The van der Waals surface area contributed by atoms with E-state index >= 15 is 0 Å². The lowest BCUT2D eigenvalue weighted by molar-refractivity contribution is 0.284. The summed E-state index contributed by atoms with van der Waals surface area (Å²) in [7, 11) is 1.60. The Labute approximate surface area is 161 Å². The summed E-state index contributed by atoms with van der Waals surface area (Å²) in [5.74, 6) is 0.951. The molecule has 4 nitrogen and oxygen atoms in total. The zero-order valence-corrected chi connectivity index (χ0v) is 15.7. The predicted molar refractivity (Wildman–Crippen MR) is 104 cm³/mol. The fourth-order valence-corrected chi connectivity index (χ4v) is 3.57. The van der Waals surface area contributed by atoms with Crippen LogP contribution in [-0.2, 0) is 0 Å². The molecule has 1 aromatic heterocycles. The minimum atomic E-state index is -0.346. The molecule has 4 rings (SSSR count). The van der Waals surface area contributed by atoms with E-state index in [9.17, 15) is 4.39 Å². The number of methoxy groups -OCH3 is 1. The molecule has 3 aromatic rings. The average molecular weight is 385 g/mol. The van der Waals surface area contributed by atoms with Gasteiger partial charge in [0, 0.05) is 28.4 Å². The van der Waals surface area contributed by atoms with E-state index in [0.29, 0.717) is 22.2 Å². The number of nitrogens with zero attached hydrogens (tertiary/aromatic N) is 1. The highest BCUT2D eigenvalue weighted by atomic mass is 35.5. The van der Waals surface area contributed by atoms with Gasteiger partial charge in [0.1, 0.15) is 18.2 Å². The van der Waals surface area contributed by atoms with Crippen LogP contribution in [0, 0.1) is 12.7 Å². The Bertz CT molecular complexity index is 989. The van der Waals surface area contributed by atoms with Gasteiger partial charge in [0.2, 0.25) is 5.88 Å². The van der Waals surface area contributed by atoms with Gasteiger partial charge in [-0.2, -0.15) is 0 Å². The van der Waals surface area contributed by atoms with Crippen LogP contribution in [0.15, 0.2) is 48.7 Å². The standard InChI is InChI=1S/C21H18ClFN2O2/c1-12-8-20(26-2)24-10-14(12)13-6-7-17-19(9-13)27-11-18(25-17)21-15(22)4-3-5-16(21)23/h3-10,18,25H,11H2,1-2H3. The summed E-state index contributed by atoms with van der Waals surface area (Å²) < 4.78 is 25.3. The first-order valence-corrected chi connectivity index (χ1v) is 8.93. The lowest BCUT2D eigenvalue weighted by Gasteiger charge is -2.29. The van der Waals surface area contributed by atoms with Gasteiger partial charge in [-0.1, -0.05) is 23.7 Å². The van der Waals surface area contributed by atoms with Crippen LogP contribution >= 0.6 is 11.6 Å². The van der Waals surface area contributed by atoms with Crippen molar-refractivity contribution < 1.29 is 13.9 Å². The van der Waals surface area contributed by atoms with Gasteiger partial charge in [0.25, 0.3) is 0 Å². The van der Waals surface area contributed by atoms with E-state index in [4.69, 9.17) is 21.1 Å². The topological polar surface area (TPSA) is 43.4 Å². The van der Waals surface area contributed by atoms with E-state index in [1.165, 1.54) is 6.07 Å². The van der Waals surface area contributed by atoms with Gasteiger partial charge in [-0.25, -0.2) is 9.37 Å². The number of nitrogens with one attached hydrogen (secondary N) is 1. The van der Waals surface area contributed by atoms with Crippen molar-refractivity contribution in [2.45, 2.75) is 13.0 Å². The van der Waals surface area contributed by atoms with E-state index in [2.05, 4.69) is 10.3 Å². The number of fused-ring (bicyclic) bond motifs is 1. The molecule has 2 heterocycles. The third-order valence-electron chi connectivity index (χ3n) is 4.67. The molecule has 1 unspecified atom stereocenters. The van der Waals surface area contributed by atoms with Crippen LogP contribution < -0.4 is 14.8 Å². The average Bonchev–Trinajstić information content (AvgIpc) is 2.67. The lowest BCUT2D eigenvalue weighted by Crippen LogP contribution is -2.25. The predicted octanol–water partition coefficient (Wildman–Crippen LogP) is 5.40. The molecule has 2 aromatic carbocycles. The maximum atomic E-state index is 14.2. The van der Waals surface area contributed by atoms with E-state index < -0.39 is 0 Å². The number of ether oxygens (including phenoxy) is 2. The second-order valence-corrected chi connectivity index (χ2v) is 6.80. The van der Waals surface area contributed by atoms with E-state index in [0.717, 1.165) is 22.4 Å². The van der Waals surface area contributed by atoms with Crippen LogP contribution in [0.1, 0.15) is 17.2 Å². The fraction of sp³-hybridized carbons (Fsp3) is 0.190. The first-order valence-electron chi connectivity index (χ1n) is 8.55. The molecule has 138 valence electrons. The molecule has 0 aliphatic carbocycles. The van der Waals surface area contributed by atoms with Crippen molar-refractivity contribution in [3.8, 4) is 22.8 Å². The van der Waals surface area contributed by atoms with Crippen molar-refractivity contribution in [3.63, 3.8) is 0 Å². The largest absolute Gasteiger partial charge is 0.489 e. The van der Waals surface area contributed by atoms with Crippen molar-refractivity contribution in [1.82, 2.24) is 4.98 Å².